The molecule has 0 spiro atoms. The maximum atomic E-state index is 13.7. The van der Waals surface area contributed by atoms with Crippen molar-refractivity contribution in [3.63, 3.8) is 0 Å². The van der Waals surface area contributed by atoms with Crippen LogP contribution in [0.15, 0.2) is 4.99 Å². The van der Waals surface area contributed by atoms with E-state index < -0.39 is 11.8 Å². The van der Waals surface area contributed by atoms with Crippen molar-refractivity contribution < 1.29 is 9.50 Å². The first-order valence-corrected chi connectivity index (χ1v) is 7.79. The van der Waals surface area contributed by atoms with Crippen LogP contribution < -0.4 is 5.73 Å². The van der Waals surface area contributed by atoms with Crippen molar-refractivity contribution in [2.75, 3.05) is 0 Å². The average molecular weight is 289 g/mol. The van der Waals surface area contributed by atoms with Gasteiger partial charge in [-0.15, -0.1) is 11.6 Å². The minimum absolute atomic E-state index is 0.0148. The topological polar surface area (TPSA) is 58.6 Å². The van der Waals surface area contributed by atoms with Gasteiger partial charge in [0, 0.05) is 11.3 Å². The lowest BCUT2D eigenvalue weighted by molar-refractivity contribution is -0.0396. The molecule has 0 bridgehead atoms. The molecule has 0 saturated heterocycles. The lowest BCUT2D eigenvalue weighted by Gasteiger charge is -2.43. The molecule has 0 aromatic carbocycles. The Kier molecular flexibility index (Phi) is 3.50. The number of fused-ring (bicyclic) bond motifs is 1. The molecule has 2 aliphatic carbocycles. The third-order valence-corrected chi connectivity index (χ3v) is 5.66. The number of amidine groups is 1. The molecule has 0 aromatic rings. The normalized spacial score (nSPS) is 50.7. The van der Waals surface area contributed by atoms with Crippen LogP contribution in [0.25, 0.3) is 0 Å². The number of alkyl halides is 2. The number of hydrogen-bond donors (Lipinski definition) is 2. The Hall–Kier alpha value is -0.350. The zero-order chi connectivity index (χ0) is 13.6. The predicted octanol–water partition coefficient (Wildman–Crippen LogP) is 2.39. The van der Waals surface area contributed by atoms with E-state index in [-0.39, 0.29) is 23.3 Å². The third-order valence-electron chi connectivity index (χ3n) is 5.26. The van der Waals surface area contributed by atoms with Gasteiger partial charge < -0.3 is 10.8 Å². The minimum Gasteiger partial charge on any atom is -0.385 e. The summed E-state index contributed by atoms with van der Waals surface area (Å²) in [5.74, 6) is 0.211. The van der Waals surface area contributed by atoms with E-state index in [9.17, 15) is 9.50 Å². The van der Waals surface area contributed by atoms with E-state index in [0.717, 1.165) is 32.1 Å². The lowest BCUT2D eigenvalue weighted by atomic mass is 9.66. The van der Waals surface area contributed by atoms with Gasteiger partial charge in [-0.1, -0.05) is 6.42 Å². The smallest absolute Gasteiger partial charge is 0.129 e. The molecule has 5 heteroatoms. The zero-order valence-electron chi connectivity index (χ0n) is 11.1. The second kappa shape index (κ2) is 4.88. The monoisotopic (exact) mass is 288 g/mol. The van der Waals surface area contributed by atoms with Crippen LogP contribution in [-0.4, -0.2) is 34.1 Å². The summed E-state index contributed by atoms with van der Waals surface area (Å²) in [5.41, 5.74) is 4.91. The molecule has 108 valence electrons. The van der Waals surface area contributed by atoms with Crippen LogP contribution in [0.3, 0.4) is 0 Å². The quantitative estimate of drug-likeness (QED) is 0.728. The highest BCUT2D eigenvalue weighted by Crippen LogP contribution is 2.48. The Morgan fingerprint density at radius 1 is 1.26 bits per heavy atom. The van der Waals surface area contributed by atoms with Gasteiger partial charge in [0.15, 0.2) is 0 Å². The highest BCUT2D eigenvalue weighted by molar-refractivity contribution is 6.20. The molecule has 3 N–H and O–H groups in total. The van der Waals surface area contributed by atoms with Gasteiger partial charge in [0.05, 0.1) is 6.04 Å². The van der Waals surface area contributed by atoms with Crippen LogP contribution in [0, 0.1) is 11.8 Å². The summed E-state index contributed by atoms with van der Waals surface area (Å²) in [5, 5.41) is 11.2. The number of hydrogen-bond acceptors (Lipinski definition) is 3. The molecule has 0 amide bonds. The zero-order valence-corrected chi connectivity index (χ0v) is 11.8. The van der Waals surface area contributed by atoms with E-state index in [1.54, 1.807) is 0 Å². The van der Waals surface area contributed by atoms with Crippen molar-refractivity contribution in [1.29, 1.82) is 0 Å². The van der Waals surface area contributed by atoms with Gasteiger partial charge in [0.25, 0.3) is 0 Å². The first-order valence-electron chi connectivity index (χ1n) is 7.36. The fraction of sp³-hybridized carbons (Fsp3) is 0.929. The van der Waals surface area contributed by atoms with Gasteiger partial charge in [-0.2, -0.15) is 0 Å². The number of nitrogens with two attached hydrogens (primary N) is 1. The predicted molar refractivity (Wildman–Crippen MR) is 74.2 cm³/mol. The molecule has 3 nitrogen and oxygen atoms in total. The van der Waals surface area contributed by atoms with Gasteiger partial charge in [-0.3, -0.25) is 4.99 Å². The van der Waals surface area contributed by atoms with E-state index in [0.29, 0.717) is 18.7 Å². The Morgan fingerprint density at radius 2 is 2.05 bits per heavy atom. The maximum Gasteiger partial charge on any atom is 0.129 e. The Balaban J connectivity index is 1.86. The number of aliphatic hydroxyl groups is 1. The molecule has 0 radical (unpaired) electrons. The second-order valence-corrected chi connectivity index (χ2v) is 7.00. The van der Waals surface area contributed by atoms with Gasteiger partial charge >= 0.3 is 0 Å². The fourth-order valence-corrected chi connectivity index (χ4v) is 4.56. The molecule has 6 atom stereocenters. The van der Waals surface area contributed by atoms with Gasteiger partial charge in [-0.05, 0) is 44.4 Å². The molecule has 2 fully saturated rings. The van der Waals surface area contributed by atoms with Gasteiger partial charge in [0.1, 0.15) is 17.6 Å². The molecule has 0 aromatic heterocycles. The molecule has 6 unspecified atom stereocenters. The maximum absolute atomic E-state index is 13.7. The molecule has 1 aliphatic heterocycles. The molecule has 1 heterocycles. The minimum atomic E-state index is -1.12. The molecule has 3 aliphatic rings. The van der Waals surface area contributed by atoms with Gasteiger partial charge in [0.2, 0.25) is 0 Å². The highest BCUT2D eigenvalue weighted by atomic mass is 35.5. The SMILES string of the molecule is NC1=NC2CCC(Cl)CC2C1(O)C1CCCC(F)C1. The molecule has 3 rings (SSSR count). The Morgan fingerprint density at radius 3 is 2.79 bits per heavy atom. The summed E-state index contributed by atoms with van der Waals surface area (Å²) < 4.78 is 13.7. The first kappa shape index (κ1) is 13.6. The van der Waals surface area contributed by atoms with Crippen LogP contribution in [0.1, 0.15) is 44.9 Å². The van der Waals surface area contributed by atoms with E-state index in [4.69, 9.17) is 17.3 Å². The van der Waals surface area contributed by atoms with E-state index in [1.165, 1.54) is 0 Å². The lowest BCUT2D eigenvalue weighted by Crippen LogP contribution is -2.56. The molecule has 2 saturated carbocycles. The van der Waals surface area contributed by atoms with Crippen LogP contribution >= 0.6 is 11.6 Å². The number of halogens is 2. The van der Waals surface area contributed by atoms with Crippen molar-refractivity contribution in [3.8, 4) is 0 Å². The van der Waals surface area contributed by atoms with Crippen LogP contribution in [-0.2, 0) is 0 Å². The summed E-state index contributed by atoms with van der Waals surface area (Å²) in [4.78, 5) is 4.46. The number of rotatable bonds is 1. The first-order chi connectivity index (χ1) is 9.01. The molecular formula is C14H22ClFN2O. The van der Waals surface area contributed by atoms with Crippen LogP contribution in [0.2, 0.25) is 0 Å². The Labute approximate surface area is 118 Å². The average Bonchev–Trinajstić information content (AvgIpc) is 2.63. The standard InChI is InChI=1S/C14H22ClFN2O/c15-9-4-5-12-11(7-9)14(19,13(17)18-12)8-2-1-3-10(16)6-8/h8-12,19H,1-7H2,(H2,17,18). The van der Waals surface area contributed by atoms with E-state index in [2.05, 4.69) is 4.99 Å². The summed E-state index contributed by atoms with van der Waals surface area (Å²) in [7, 11) is 0. The summed E-state index contributed by atoms with van der Waals surface area (Å²) in [6, 6.07) is 0.0833. The van der Waals surface area contributed by atoms with Crippen molar-refractivity contribution in [3.05, 3.63) is 0 Å². The fourth-order valence-electron chi connectivity index (χ4n) is 4.24. The highest BCUT2D eigenvalue weighted by Gasteiger charge is 2.56. The Bertz CT molecular complexity index is 392. The van der Waals surface area contributed by atoms with Crippen LogP contribution in [0.5, 0.6) is 0 Å². The summed E-state index contributed by atoms with van der Waals surface area (Å²) in [6.45, 7) is 0. The van der Waals surface area contributed by atoms with Crippen molar-refractivity contribution >= 4 is 17.4 Å². The summed E-state index contributed by atoms with van der Waals surface area (Å²) in [6.07, 6.45) is 4.40. The number of nitrogens with zero attached hydrogens (tertiary/aromatic N) is 1. The van der Waals surface area contributed by atoms with Crippen molar-refractivity contribution in [2.45, 2.75) is 68.1 Å². The second-order valence-electron chi connectivity index (χ2n) is 6.38. The van der Waals surface area contributed by atoms with E-state index >= 15 is 0 Å². The summed E-state index contributed by atoms with van der Waals surface area (Å²) >= 11 is 6.25. The largest absolute Gasteiger partial charge is 0.385 e. The van der Waals surface area contributed by atoms with Crippen molar-refractivity contribution in [2.24, 2.45) is 22.6 Å². The number of aliphatic imine (C=N–C) groups is 1. The molecular weight excluding hydrogens is 267 g/mol. The van der Waals surface area contributed by atoms with Crippen LogP contribution in [0.4, 0.5) is 4.39 Å². The van der Waals surface area contributed by atoms with E-state index in [1.807, 2.05) is 0 Å². The van der Waals surface area contributed by atoms with Crippen molar-refractivity contribution in [1.82, 2.24) is 0 Å². The molecule has 19 heavy (non-hydrogen) atoms. The third kappa shape index (κ3) is 2.17. The van der Waals surface area contributed by atoms with Gasteiger partial charge in [-0.25, -0.2) is 4.39 Å².